The number of anilines is 1. The molecule has 4 N–H and O–H groups in total. The zero-order valence-corrected chi connectivity index (χ0v) is 31.3. The van der Waals surface area contributed by atoms with Gasteiger partial charge < -0.3 is 39.9 Å². The highest BCUT2D eigenvalue weighted by molar-refractivity contribution is 5.88. The number of benzene rings is 3. The Hall–Kier alpha value is -3.63. The van der Waals surface area contributed by atoms with Crippen LogP contribution in [0.25, 0.3) is 0 Å². The van der Waals surface area contributed by atoms with Crippen molar-refractivity contribution < 1.29 is 29.6 Å². The van der Waals surface area contributed by atoms with Crippen molar-refractivity contribution in [3.8, 4) is 17.2 Å². The first-order valence-corrected chi connectivity index (χ1v) is 17.9. The van der Waals surface area contributed by atoms with Crippen molar-refractivity contribution in [1.29, 1.82) is 0 Å². The van der Waals surface area contributed by atoms with Crippen LogP contribution in [-0.4, -0.2) is 92.1 Å². The summed E-state index contributed by atoms with van der Waals surface area (Å²) in [7, 11) is 11.6. The molecule has 0 spiro atoms. The summed E-state index contributed by atoms with van der Waals surface area (Å²) in [5.74, 6) is 2.23. The monoisotopic (exact) mass is 691 g/mol. The maximum absolute atomic E-state index is 11.2. The average Bonchev–Trinajstić information content (AvgIpc) is 3.10. The van der Waals surface area contributed by atoms with Crippen LogP contribution < -0.4 is 14.8 Å². The first-order valence-electron chi connectivity index (χ1n) is 17.9. The van der Waals surface area contributed by atoms with Crippen LogP contribution in [0.4, 0.5) is 5.69 Å². The molecule has 9 nitrogen and oxygen atoms in total. The molecule has 0 aliphatic heterocycles. The second-order valence-corrected chi connectivity index (χ2v) is 14.3. The molecule has 1 unspecified atom stereocenters. The van der Waals surface area contributed by atoms with Gasteiger partial charge in [0.05, 0.1) is 25.4 Å². The van der Waals surface area contributed by atoms with E-state index in [-0.39, 0.29) is 17.6 Å². The third kappa shape index (κ3) is 12.3. The molecular formula is C41H61N3O6. The Morgan fingerprint density at radius 3 is 2.00 bits per heavy atom. The molecule has 5 rings (SSSR count). The molecule has 3 aromatic carbocycles. The molecule has 2 aliphatic carbocycles. The lowest BCUT2D eigenvalue weighted by Gasteiger charge is -2.41. The molecule has 1 amide bonds. The quantitative estimate of drug-likeness (QED) is 0.168. The number of amides is 1. The minimum atomic E-state index is -0.711. The van der Waals surface area contributed by atoms with E-state index in [1.807, 2.05) is 36.4 Å². The number of likely N-dealkylation sites (N-methyl/N-ethyl adjacent to an activating group) is 1. The third-order valence-corrected chi connectivity index (χ3v) is 9.81. The second kappa shape index (κ2) is 19.7. The van der Waals surface area contributed by atoms with Crippen LogP contribution in [0.5, 0.6) is 17.2 Å². The van der Waals surface area contributed by atoms with E-state index < -0.39 is 11.2 Å². The van der Waals surface area contributed by atoms with E-state index in [0.29, 0.717) is 11.6 Å². The topological polar surface area (TPSA) is 115 Å². The number of hydrogen-bond acceptors (Lipinski definition) is 8. The van der Waals surface area contributed by atoms with E-state index in [1.165, 1.54) is 37.5 Å². The Morgan fingerprint density at radius 1 is 0.820 bits per heavy atom. The summed E-state index contributed by atoms with van der Waals surface area (Å²) in [6.45, 7) is 3.24. The third-order valence-electron chi connectivity index (χ3n) is 9.81. The number of phenols is 1. The summed E-state index contributed by atoms with van der Waals surface area (Å²) >= 11 is 0. The summed E-state index contributed by atoms with van der Waals surface area (Å²) in [6, 6.07) is 22.4. The number of nitrogens with one attached hydrogen (secondary N) is 1. The van der Waals surface area contributed by atoms with Crippen molar-refractivity contribution in [2.75, 3.05) is 60.8 Å². The van der Waals surface area contributed by atoms with Crippen molar-refractivity contribution in [2.24, 2.45) is 5.92 Å². The van der Waals surface area contributed by atoms with Gasteiger partial charge in [-0.15, -0.1) is 0 Å². The SMILES string of the molecule is CC(=O)Nc1ccc(O)cc1.COc1ccc(C(CN(C)C)C2(O)CCCCC2)cc1.COc1cccc([C@@]2(O)CCCC[C@@H]2CN(C)C)c1. The van der Waals surface area contributed by atoms with Crippen molar-refractivity contribution in [3.05, 3.63) is 83.9 Å². The summed E-state index contributed by atoms with van der Waals surface area (Å²) < 4.78 is 10.5. The van der Waals surface area contributed by atoms with Crippen LogP contribution in [0.15, 0.2) is 72.8 Å². The van der Waals surface area contributed by atoms with E-state index in [2.05, 4.69) is 55.4 Å². The lowest BCUT2D eigenvalue weighted by atomic mass is 9.71. The molecule has 0 radical (unpaired) electrons. The van der Waals surface area contributed by atoms with Crippen molar-refractivity contribution in [2.45, 2.75) is 81.8 Å². The second-order valence-electron chi connectivity index (χ2n) is 14.3. The first-order chi connectivity index (χ1) is 23.8. The molecule has 276 valence electrons. The predicted molar refractivity (Wildman–Crippen MR) is 202 cm³/mol. The number of rotatable bonds is 10. The summed E-state index contributed by atoms with van der Waals surface area (Å²) in [6.07, 6.45) is 9.59. The van der Waals surface area contributed by atoms with Gasteiger partial charge in [0, 0.05) is 37.5 Å². The lowest BCUT2D eigenvalue weighted by Crippen LogP contribution is -2.43. The van der Waals surface area contributed by atoms with Crippen LogP contribution in [-0.2, 0) is 10.4 Å². The van der Waals surface area contributed by atoms with Gasteiger partial charge in [-0.25, -0.2) is 0 Å². The molecular weight excluding hydrogens is 630 g/mol. The van der Waals surface area contributed by atoms with Crippen LogP contribution in [0.2, 0.25) is 0 Å². The number of phenolic OH excluding ortho intramolecular Hbond substituents is 1. The Kier molecular flexibility index (Phi) is 16.1. The minimum Gasteiger partial charge on any atom is -0.508 e. The van der Waals surface area contributed by atoms with Crippen LogP contribution >= 0.6 is 0 Å². The Bertz CT molecular complexity index is 1420. The summed E-state index contributed by atoms with van der Waals surface area (Å²) in [5.41, 5.74) is 1.63. The summed E-state index contributed by atoms with van der Waals surface area (Å²) in [5, 5.41) is 33.8. The number of methoxy groups -OCH3 is 2. The largest absolute Gasteiger partial charge is 0.508 e. The number of carbonyl (C=O) groups is 1. The molecule has 3 atom stereocenters. The van der Waals surface area contributed by atoms with Crippen LogP contribution in [0, 0.1) is 5.92 Å². The summed E-state index contributed by atoms with van der Waals surface area (Å²) in [4.78, 5) is 14.9. The van der Waals surface area contributed by atoms with Gasteiger partial charge in [-0.3, -0.25) is 4.79 Å². The zero-order chi connectivity index (χ0) is 36.7. The maximum Gasteiger partial charge on any atom is 0.221 e. The van der Waals surface area contributed by atoms with Gasteiger partial charge in [0.1, 0.15) is 17.2 Å². The number of hydrogen-bond donors (Lipinski definition) is 4. The molecule has 50 heavy (non-hydrogen) atoms. The fourth-order valence-electron chi connectivity index (χ4n) is 7.23. The molecule has 0 aromatic heterocycles. The van der Waals surface area contributed by atoms with Gasteiger partial charge >= 0.3 is 0 Å². The Labute approximate surface area is 300 Å². The van der Waals surface area contributed by atoms with Crippen molar-refractivity contribution in [1.82, 2.24) is 9.80 Å². The number of aromatic hydroxyl groups is 1. The molecule has 0 saturated heterocycles. The molecule has 0 bridgehead atoms. The smallest absolute Gasteiger partial charge is 0.221 e. The molecule has 2 saturated carbocycles. The normalized spacial score (nSPS) is 20.4. The van der Waals surface area contributed by atoms with Gasteiger partial charge in [-0.1, -0.05) is 56.4 Å². The van der Waals surface area contributed by atoms with E-state index in [0.717, 1.165) is 75.1 Å². The van der Waals surface area contributed by atoms with Crippen molar-refractivity contribution >= 4 is 11.6 Å². The van der Waals surface area contributed by atoms with E-state index in [1.54, 1.807) is 26.4 Å². The molecule has 9 heteroatoms. The highest BCUT2D eigenvalue weighted by Gasteiger charge is 2.41. The number of carbonyl (C=O) groups excluding carboxylic acids is 1. The Morgan fingerprint density at radius 2 is 1.44 bits per heavy atom. The standard InChI is InChI=1S/C17H27NO2.C16H25NO2.C8H9NO2/c1-18(2)13-16(17(19)11-5-4-6-12-17)14-7-9-15(20-3)10-8-14;1-17(2)12-14-7-4-5-10-16(14,18)13-8-6-9-15(11-13)19-3;1-6(10)9-7-2-4-8(11)5-3-7/h7-10,16,19H,4-6,11-13H2,1-3H3;6,8-9,11,14,18H,4-5,7,10,12H2,1-3H3;2-5,11H,1H3,(H,9,10)/t;14-,16+;/m.1./s1. The fourth-order valence-corrected chi connectivity index (χ4v) is 7.23. The van der Waals surface area contributed by atoms with Gasteiger partial charge in [0.25, 0.3) is 0 Å². The highest BCUT2D eigenvalue weighted by Crippen LogP contribution is 2.43. The van der Waals surface area contributed by atoms with Crippen LogP contribution in [0.1, 0.15) is 81.8 Å². The van der Waals surface area contributed by atoms with E-state index in [4.69, 9.17) is 14.6 Å². The number of aliphatic hydroxyl groups is 2. The van der Waals surface area contributed by atoms with Gasteiger partial charge in [0.15, 0.2) is 0 Å². The van der Waals surface area contributed by atoms with Crippen LogP contribution in [0.3, 0.4) is 0 Å². The number of ether oxygens (including phenoxy) is 2. The highest BCUT2D eigenvalue weighted by atomic mass is 16.5. The van der Waals surface area contributed by atoms with Crippen molar-refractivity contribution in [3.63, 3.8) is 0 Å². The molecule has 3 aromatic rings. The molecule has 2 fully saturated rings. The Balaban J connectivity index is 0.000000212. The van der Waals surface area contributed by atoms with E-state index >= 15 is 0 Å². The fraction of sp³-hybridized carbons (Fsp3) is 0.537. The van der Waals surface area contributed by atoms with E-state index in [9.17, 15) is 15.0 Å². The van der Waals surface area contributed by atoms with Gasteiger partial charge in [0.2, 0.25) is 5.91 Å². The number of nitrogens with zero attached hydrogens (tertiary/aromatic N) is 2. The first kappa shape index (κ1) is 40.8. The minimum absolute atomic E-state index is 0.115. The average molecular weight is 692 g/mol. The molecule has 2 aliphatic rings. The van der Waals surface area contributed by atoms with Gasteiger partial charge in [-0.05, 0) is 114 Å². The molecule has 0 heterocycles. The predicted octanol–water partition coefficient (Wildman–Crippen LogP) is 7.02. The van der Waals surface area contributed by atoms with Gasteiger partial charge in [-0.2, -0.15) is 0 Å². The lowest BCUT2D eigenvalue weighted by molar-refractivity contribution is -0.114. The zero-order valence-electron chi connectivity index (χ0n) is 31.3. The maximum atomic E-state index is 11.2.